The molecule has 0 bridgehead atoms. The van der Waals surface area contributed by atoms with Gasteiger partial charge in [-0.3, -0.25) is 0 Å². The number of rotatable bonds is 6. The molecule has 1 nitrogen and oxygen atoms in total. The van der Waals surface area contributed by atoms with E-state index in [2.05, 4.69) is 219 Å². The van der Waals surface area contributed by atoms with Gasteiger partial charge in [-0.25, -0.2) is 0 Å². The topological polar surface area (TPSA) is 3.24 Å². The van der Waals surface area contributed by atoms with Gasteiger partial charge in [0, 0.05) is 47.8 Å². The van der Waals surface area contributed by atoms with Crippen molar-refractivity contribution in [2.75, 3.05) is 4.90 Å². The molecule has 1 heterocycles. The molecule has 9 aromatic carbocycles. The fraction of sp³-hybridized carbons (Fsp3) is 0.0847. The number of benzene rings is 9. The van der Waals surface area contributed by atoms with Gasteiger partial charge in [-0.05, 0) is 104 Å². The third kappa shape index (κ3) is 5.59. The maximum Gasteiger partial charge on any atom is 0.0625 e. The van der Waals surface area contributed by atoms with Gasteiger partial charge in [0.1, 0.15) is 0 Å². The van der Waals surface area contributed by atoms with E-state index in [1.807, 2.05) is 11.3 Å². The Labute approximate surface area is 361 Å². The smallest absolute Gasteiger partial charge is 0.0625 e. The molecular weight excluding hydrogens is 755 g/mol. The standard InChI is InChI=1S/C59H43NS/c1-59(2)50-27-15-13-23-45(50)46-34-33-42(37-51(46)59)60(58-48-25-12-10-22-44(48)43-21-9-11-24-47(43)55(58)40-19-7-4-8-20-40)52-35-36-54-57(49-26-14-16-28-53(49)61-54)56(52)41-31-29-39(30-32-41)38-17-5-3-6-18-38/h3-29,31,33-37H,30,32H2,1-2H3. The number of nitrogens with zero attached hydrogens (tertiary/aromatic N) is 1. The lowest BCUT2D eigenvalue weighted by molar-refractivity contribution is 0.660. The molecule has 10 aromatic rings. The van der Waals surface area contributed by atoms with E-state index in [1.54, 1.807) is 0 Å². The zero-order chi connectivity index (χ0) is 40.7. The molecule has 290 valence electrons. The first-order chi connectivity index (χ1) is 30.0. The highest BCUT2D eigenvalue weighted by Gasteiger charge is 2.37. The van der Waals surface area contributed by atoms with E-state index in [0.717, 1.165) is 18.5 Å². The molecule has 2 heteroatoms. The maximum absolute atomic E-state index is 2.65. The number of anilines is 3. The highest BCUT2D eigenvalue weighted by molar-refractivity contribution is 7.25. The van der Waals surface area contributed by atoms with E-state index in [9.17, 15) is 0 Å². The summed E-state index contributed by atoms with van der Waals surface area (Å²) in [7, 11) is 0. The van der Waals surface area contributed by atoms with Crippen LogP contribution >= 0.6 is 11.3 Å². The normalized spacial score (nSPS) is 14.3. The summed E-state index contributed by atoms with van der Waals surface area (Å²) in [6.45, 7) is 4.79. The second kappa shape index (κ2) is 14.0. The van der Waals surface area contributed by atoms with Crippen LogP contribution in [0.15, 0.2) is 200 Å². The predicted molar refractivity (Wildman–Crippen MR) is 264 cm³/mol. The Hall–Kier alpha value is -7.00. The summed E-state index contributed by atoms with van der Waals surface area (Å²) in [5, 5.41) is 7.65. The lowest BCUT2D eigenvalue weighted by Crippen LogP contribution is -2.18. The van der Waals surface area contributed by atoms with Crippen molar-refractivity contribution in [3.8, 4) is 22.3 Å². The van der Waals surface area contributed by atoms with E-state index in [4.69, 9.17) is 0 Å². The highest BCUT2D eigenvalue weighted by atomic mass is 32.1. The van der Waals surface area contributed by atoms with E-state index in [1.165, 1.54) is 109 Å². The van der Waals surface area contributed by atoms with Gasteiger partial charge in [0.25, 0.3) is 0 Å². The van der Waals surface area contributed by atoms with E-state index >= 15 is 0 Å². The van der Waals surface area contributed by atoms with Crippen LogP contribution in [0.5, 0.6) is 0 Å². The van der Waals surface area contributed by atoms with Crippen molar-refractivity contribution in [2.45, 2.75) is 32.1 Å². The van der Waals surface area contributed by atoms with Crippen LogP contribution < -0.4 is 4.90 Å². The zero-order valence-electron chi connectivity index (χ0n) is 34.3. The molecule has 0 saturated heterocycles. The van der Waals surface area contributed by atoms with Crippen LogP contribution in [-0.2, 0) is 5.41 Å². The van der Waals surface area contributed by atoms with Crippen molar-refractivity contribution in [3.05, 3.63) is 222 Å². The fourth-order valence-electron chi connectivity index (χ4n) is 10.5. The van der Waals surface area contributed by atoms with Crippen molar-refractivity contribution < 1.29 is 0 Å². The Morgan fingerprint density at radius 3 is 1.79 bits per heavy atom. The van der Waals surface area contributed by atoms with E-state index in [-0.39, 0.29) is 5.41 Å². The highest BCUT2D eigenvalue weighted by Crippen LogP contribution is 2.56. The molecule has 0 N–H and O–H groups in total. The SMILES string of the molecule is CC1(C)c2ccccc2-c2ccc(N(c3ccc4sc5ccccc5c4c3C3=CC=C(c4ccccc4)CC3)c3c(-c4ccccc4)c4ccccc4c4ccccc34)cc21. The Kier molecular flexibility index (Phi) is 8.27. The molecule has 0 spiro atoms. The lowest BCUT2D eigenvalue weighted by atomic mass is 9.82. The van der Waals surface area contributed by atoms with Crippen molar-refractivity contribution in [2.24, 2.45) is 0 Å². The molecule has 1 aromatic heterocycles. The Balaban J connectivity index is 1.23. The minimum Gasteiger partial charge on any atom is -0.309 e. The van der Waals surface area contributed by atoms with Crippen molar-refractivity contribution in [1.29, 1.82) is 0 Å². The Morgan fingerprint density at radius 1 is 0.443 bits per heavy atom. The summed E-state index contributed by atoms with van der Waals surface area (Å²) in [6.07, 6.45) is 6.73. The molecular formula is C59H43NS. The maximum atomic E-state index is 2.65. The molecule has 0 unspecified atom stereocenters. The minimum atomic E-state index is -0.164. The summed E-state index contributed by atoms with van der Waals surface area (Å²) in [5.41, 5.74) is 16.6. The van der Waals surface area contributed by atoms with E-state index < -0.39 is 0 Å². The van der Waals surface area contributed by atoms with Gasteiger partial charge >= 0.3 is 0 Å². The van der Waals surface area contributed by atoms with Crippen LogP contribution in [-0.4, -0.2) is 0 Å². The van der Waals surface area contributed by atoms with Crippen LogP contribution in [0.1, 0.15) is 48.9 Å². The molecule has 0 amide bonds. The third-order valence-electron chi connectivity index (χ3n) is 13.4. The summed E-state index contributed by atoms with van der Waals surface area (Å²) in [4.78, 5) is 2.65. The van der Waals surface area contributed by atoms with Gasteiger partial charge in [0.2, 0.25) is 0 Å². The molecule has 0 saturated carbocycles. The monoisotopic (exact) mass is 797 g/mol. The van der Waals surface area contributed by atoms with Crippen molar-refractivity contribution in [1.82, 2.24) is 0 Å². The zero-order valence-corrected chi connectivity index (χ0v) is 35.1. The minimum absolute atomic E-state index is 0.164. The molecule has 0 fully saturated rings. The summed E-state index contributed by atoms with van der Waals surface area (Å²) in [6, 6.07) is 70.1. The first kappa shape index (κ1) is 35.9. The van der Waals surface area contributed by atoms with Crippen LogP contribution in [0, 0.1) is 0 Å². The molecule has 0 aliphatic heterocycles. The lowest BCUT2D eigenvalue weighted by Gasteiger charge is -2.34. The molecule has 12 rings (SSSR count). The molecule has 0 radical (unpaired) electrons. The largest absolute Gasteiger partial charge is 0.309 e. The van der Waals surface area contributed by atoms with Gasteiger partial charge in [-0.2, -0.15) is 0 Å². The quantitative estimate of drug-likeness (QED) is 0.152. The first-order valence-electron chi connectivity index (χ1n) is 21.5. The Bertz CT molecular complexity index is 3440. The van der Waals surface area contributed by atoms with Crippen LogP contribution in [0.3, 0.4) is 0 Å². The third-order valence-corrected chi connectivity index (χ3v) is 14.5. The summed E-state index contributed by atoms with van der Waals surface area (Å²) < 4.78 is 2.63. The number of allylic oxidation sites excluding steroid dienone is 4. The van der Waals surface area contributed by atoms with Gasteiger partial charge < -0.3 is 4.90 Å². The number of hydrogen-bond donors (Lipinski definition) is 0. The number of fused-ring (bicyclic) bond motifs is 9. The molecule has 61 heavy (non-hydrogen) atoms. The summed E-state index contributed by atoms with van der Waals surface area (Å²) in [5.74, 6) is 0. The predicted octanol–water partition coefficient (Wildman–Crippen LogP) is 17.1. The number of hydrogen-bond acceptors (Lipinski definition) is 2. The molecule has 2 aliphatic rings. The van der Waals surface area contributed by atoms with Gasteiger partial charge in [0.15, 0.2) is 0 Å². The Morgan fingerprint density at radius 2 is 1.03 bits per heavy atom. The molecule has 2 aliphatic carbocycles. The average Bonchev–Trinajstić information content (AvgIpc) is 3.81. The van der Waals surface area contributed by atoms with Crippen LogP contribution in [0.4, 0.5) is 17.1 Å². The fourth-order valence-corrected chi connectivity index (χ4v) is 11.6. The van der Waals surface area contributed by atoms with Crippen LogP contribution in [0.2, 0.25) is 0 Å². The summed E-state index contributed by atoms with van der Waals surface area (Å²) >= 11 is 1.90. The molecule has 0 atom stereocenters. The van der Waals surface area contributed by atoms with Gasteiger partial charge in [-0.15, -0.1) is 11.3 Å². The van der Waals surface area contributed by atoms with Gasteiger partial charge in [0.05, 0.1) is 11.4 Å². The number of thiophene rings is 1. The van der Waals surface area contributed by atoms with Crippen molar-refractivity contribution in [3.63, 3.8) is 0 Å². The van der Waals surface area contributed by atoms with Gasteiger partial charge in [-0.1, -0.05) is 184 Å². The first-order valence-corrected chi connectivity index (χ1v) is 22.3. The van der Waals surface area contributed by atoms with Crippen molar-refractivity contribution >= 4 is 81.3 Å². The second-order valence-electron chi connectivity index (χ2n) is 17.1. The van der Waals surface area contributed by atoms with Crippen LogP contribution in [0.25, 0.3) is 75.1 Å². The average molecular weight is 798 g/mol. The van der Waals surface area contributed by atoms with E-state index in [0.29, 0.717) is 0 Å². The second-order valence-corrected chi connectivity index (χ2v) is 18.2.